The normalized spacial score (nSPS) is 19.7. The van der Waals surface area contributed by atoms with Crippen molar-refractivity contribution in [3.05, 3.63) is 58.7 Å². The van der Waals surface area contributed by atoms with Crippen LogP contribution in [0.15, 0.2) is 41.3 Å². The van der Waals surface area contributed by atoms with Gasteiger partial charge in [-0.25, -0.2) is 8.42 Å². The molecule has 1 amide bonds. The summed E-state index contributed by atoms with van der Waals surface area (Å²) in [5.74, 6) is -0.820. The van der Waals surface area contributed by atoms with Crippen molar-refractivity contribution in [2.75, 3.05) is 25.0 Å². The summed E-state index contributed by atoms with van der Waals surface area (Å²) in [5.41, 5.74) is 3.45. The van der Waals surface area contributed by atoms with E-state index in [4.69, 9.17) is 4.74 Å². The van der Waals surface area contributed by atoms with Crippen molar-refractivity contribution in [3.8, 4) is 0 Å². The average Bonchev–Trinajstić information content (AvgIpc) is 3.61. The van der Waals surface area contributed by atoms with Gasteiger partial charge in [-0.2, -0.15) is 4.31 Å². The second-order valence-corrected chi connectivity index (χ2v) is 11.7. The third-order valence-corrected chi connectivity index (χ3v) is 9.25. The highest BCUT2D eigenvalue weighted by Crippen LogP contribution is 2.49. The van der Waals surface area contributed by atoms with E-state index >= 15 is 0 Å². The molecule has 2 aromatic rings. The number of hydrogen-bond donors (Lipinski definition) is 1. The van der Waals surface area contributed by atoms with Gasteiger partial charge in [0.05, 0.1) is 22.8 Å². The van der Waals surface area contributed by atoms with Crippen molar-refractivity contribution in [1.29, 1.82) is 0 Å². The van der Waals surface area contributed by atoms with Gasteiger partial charge in [0, 0.05) is 18.8 Å². The van der Waals surface area contributed by atoms with Gasteiger partial charge in [0.1, 0.15) is 0 Å². The largest absolute Gasteiger partial charge is 0.465 e. The number of amides is 1. The SMILES string of the molecule is CCOC(=O)C1(c2ccc(NC(=O)[C@@H]3CCCN(S(=O)(=O)c4c(C)cc(C)cc4C)C3)cc2)CC1. The molecule has 2 fully saturated rings. The number of carbonyl (C=O) groups is 2. The standard InChI is InChI=1S/C27H34N2O5S/c1-5-34-26(31)27(12-13-27)22-8-10-23(11-9-22)28-25(30)21-7-6-14-29(17-21)35(32,33)24-19(3)15-18(2)16-20(24)4/h8-11,15-16,21H,5-7,12-14,17H2,1-4H3,(H,28,30)/t21-/m1/s1. The number of ether oxygens (including phenoxy) is 1. The number of carbonyl (C=O) groups excluding carboxylic acids is 2. The van der Waals surface area contributed by atoms with Crippen LogP contribution in [0, 0.1) is 26.7 Å². The zero-order valence-corrected chi connectivity index (χ0v) is 21.7. The number of sulfonamides is 1. The van der Waals surface area contributed by atoms with Crippen LogP contribution in [0.1, 0.15) is 54.9 Å². The Morgan fingerprint density at radius 1 is 1.09 bits per heavy atom. The first-order valence-electron chi connectivity index (χ1n) is 12.2. The Balaban J connectivity index is 1.44. The summed E-state index contributed by atoms with van der Waals surface area (Å²) in [6, 6.07) is 11.1. The number of nitrogens with one attached hydrogen (secondary N) is 1. The molecule has 1 saturated carbocycles. The van der Waals surface area contributed by atoms with Gasteiger partial charge < -0.3 is 10.1 Å². The van der Waals surface area contributed by atoms with E-state index in [-0.39, 0.29) is 18.4 Å². The van der Waals surface area contributed by atoms with Crippen molar-refractivity contribution in [2.24, 2.45) is 5.92 Å². The molecule has 0 spiro atoms. The predicted molar refractivity (Wildman–Crippen MR) is 135 cm³/mol. The van der Waals surface area contributed by atoms with Crippen LogP contribution >= 0.6 is 0 Å². The molecule has 1 N–H and O–H groups in total. The maximum atomic E-state index is 13.5. The summed E-state index contributed by atoms with van der Waals surface area (Å²) in [7, 11) is -3.70. The van der Waals surface area contributed by atoms with E-state index in [0.717, 1.165) is 35.1 Å². The Kier molecular flexibility index (Phi) is 7.06. The van der Waals surface area contributed by atoms with E-state index in [1.807, 2.05) is 45.0 Å². The third-order valence-electron chi connectivity index (χ3n) is 7.08. The zero-order valence-electron chi connectivity index (χ0n) is 20.9. The molecule has 1 saturated heterocycles. The Bertz CT molecular complexity index is 1210. The molecule has 1 aliphatic heterocycles. The van der Waals surface area contributed by atoms with Gasteiger partial charge in [-0.1, -0.05) is 29.8 Å². The summed E-state index contributed by atoms with van der Waals surface area (Å²) in [6.07, 6.45) is 2.80. The topological polar surface area (TPSA) is 92.8 Å². The number of rotatable bonds is 7. The first-order valence-corrected chi connectivity index (χ1v) is 13.7. The number of hydrogen-bond acceptors (Lipinski definition) is 5. The smallest absolute Gasteiger partial charge is 0.316 e. The summed E-state index contributed by atoms with van der Waals surface area (Å²) < 4.78 is 33.6. The molecule has 2 aliphatic rings. The van der Waals surface area contributed by atoms with E-state index < -0.39 is 21.4 Å². The minimum Gasteiger partial charge on any atom is -0.465 e. The van der Waals surface area contributed by atoms with Crippen molar-refractivity contribution in [3.63, 3.8) is 0 Å². The zero-order chi connectivity index (χ0) is 25.4. The fourth-order valence-corrected chi connectivity index (χ4v) is 7.13. The molecule has 0 bridgehead atoms. The Morgan fingerprint density at radius 2 is 1.71 bits per heavy atom. The predicted octanol–water partition coefficient (Wildman–Crippen LogP) is 4.25. The van der Waals surface area contributed by atoms with Crippen LogP contribution in [-0.2, 0) is 29.8 Å². The van der Waals surface area contributed by atoms with E-state index in [1.165, 1.54) is 4.31 Å². The molecule has 4 rings (SSSR count). The molecule has 0 unspecified atom stereocenters. The Hall–Kier alpha value is -2.71. The Labute approximate surface area is 207 Å². The van der Waals surface area contributed by atoms with E-state index in [0.29, 0.717) is 36.6 Å². The summed E-state index contributed by atoms with van der Waals surface area (Å²) >= 11 is 0. The van der Waals surface area contributed by atoms with Gasteiger partial charge in [-0.05, 0) is 82.2 Å². The molecule has 2 aromatic carbocycles. The summed E-state index contributed by atoms with van der Waals surface area (Å²) in [5, 5.41) is 2.93. The number of anilines is 1. The summed E-state index contributed by atoms with van der Waals surface area (Å²) in [4.78, 5) is 25.7. The van der Waals surface area contributed by atoms with Crippen LogP contribution < -0.4 is 5.32 Å². The van der Waals surface area contributed by atoms with E-state index in [1.54, 1.807) is 19.1 Å². The van der Waals surface area contributed by atoms with E-state index in [9.17, 15) is 18.0 Å². The van der Waals surface area contributed by atoms with Gasteiger partial charge in [0.2, 0.25) is 15.9 Å². The third kappa shape index (κ3) is 5.00. The van der Waals surface area contributed by atoms with Crippen molar-refractivity contribution in [1.82, 2.24) is 4.31 Å². The lowest BCUT2D eigenvalue weighted by molar-refractivity contribution is -0.146. The van der Waals surface area contributed by atoms with Gasteiger partial charge in [0.25, 0.3) is 0 Å². The highest BCUT2D eigenvalue weighted by molar-refractivity contribution is 7.89. The lowest BCUT2D eigenvalue weighted by Gasteiger charge is -2.32. The number of piperidine rings is 1. The molecule has 1 atom stereocenters. The molecule has 1 aliphatic carbocycles. The second kappa shape index (κ2) is 9.74. The molecule has 8 heteroatoms. The lowest BCUT2D eigenvalue weighted by atomic mass is 9.95. The van der Waals surface area contributed by atoms with E-state index in [2.05, 4.69) is 5.32 Å². The minimum atomic E-state index is -3.70. The quantitative estimate of drug-likeness (QED) is 0.576. The second-order valence-electron chi connectivity index (χ2n) is 9.80. The van der Waals surface area contributed by atoms with Crippen LogP contribution in [0.2, 0.25) is 0 Å². The van der Waals surface area contributed by atoms with Crippen LogP contribution in [0.25, 0.3) is 0 Å². The fraction of sp³-hybridized carbons (Fsp3) is 0.481. The minimum absolute atomic E-state index is 0.158. The number of aryl methyl sites for hydroxylation is 3. The van der Waals surface area contributed by atoms with Gasteiger partial charge in [-0.15, -0.1) is 0 Å². The van der Waals surface area contributed by atoms with Crippen LogP contribution in [0.5, 0.6) is 0 Å². The number of benzene rings is 2. The van der Waals surface area contributed by atoms with Crippen molar-refractivity contribution in [2.45, 2.75) is 63.7 Å². The molecule has 7 nitrogen and oxygen atoms in total. The highest BCUT2D eigenvalue weighted by atomic mass is 32.2. The van der Waals surface area contributed by atoms with Crippen LogP contribution in [0.4, 0.5) is 5.69 Å². The molecule has 188 valence electrons. The first kappa shape index (κ1) is 25.4. The molecule has 1 heterocycles. The van der Waals surface area contributed by atoms with Gasteiger partial charge in [0.15, 0.2) is 0 Å². The monoisotopic (exact) mass is 498 g/mol. The molecule has 0 radical (unpaired) electrons. The lowest BCUT2D eigenvalue weighted by Crippen LogP contribution is -2.44. The van der Waals surface area contributed by atoms with Crippen LogP contribution in [-0.4, -0.2) is 44.3 Å². The van der Waals surface area contributed by atoms with Crippen LogP contribution in [0.3, 0.4) is 0 Å². The molecule has 0 aromatic heterocycles. The van der Waals surface area contributed by atoms with Gasteiger partial charge >= 0.3 is 5.97 Å². The maximum absolute atomic E-state index is 13.5. The molecular weight excluding hydrogens is 464 g/mol. The van der Waals surface area contributed by atoms with Crippen molar-refractivity contribution >= 4 is 27.6 Å². The molecular formula is C27H34N2O5S. The average molecular weight is 499 g/mol. The highest BCUT2D eigenvalue weighted by Gasteiger charge is 2.52. The Morgan fingerprint density at radius 3 is 2.29 bits per heavy atom. The number of nitrogens with zero attached hydrogens (tertiary/aromatic N) is 1. The van der Waals surface area contributed by atoms with Crippen molar-refractivity contribution < 1.29 is 22.7 Å². The fourth-order valence-electron chi connectivity index (χ4n) is 5.20. The maximum Gasteiger partial charge on any atom is 0.316 e. The summed E-state index contributed by atoms with van der Waals surface area (Å²) in [6.45, 7) is 8.30. The first-order chi connectivity index (χ1) is 16.6. The number of esters is 1. The van der Waals surface area contributed by atoms with Gasteiger partial charge in [-0.3, -0.25) is 9.59 Å². The molecule has 35 heavy (non-hydrogen) atoms.